The Morgan fingerprint density at radius 3 is 2.02 bits per heavy atom. The zero-order valence-electron chi connectivity index (χ0n) is 29.6. The summed E-state index contributed by atoms with van der Waals surface area (Å²) in [5.41, 5.74) is 12.9. The molecule has 1 fully saturated rings. The third-order valence-electron chi connectivity index (χ3n) is 11.8. The molecule has 2 aromatic heterocycles. The van der Waals surface area contributed by atoms with E-state index < -0.39 is 0 Å². The van der Waals surface area contributed by atoms with Crippen molar-refractivity contribution in [2.75, 3.05) is 0 Å². The van der Waals surface area contributed by atoms with Crippen LogP contribution in [0, 0.1) is 11.8 Å². The summed E-state index contributed by atoms with van der Waals surface area (Å²) >= 11 is 0. The van der Waals surface area contributed by atoms with Crippen molar-refractivity contribution in [2.24, 2.45) is 11.8 Å². The topological polar surface area (TPSA) is 48.2 Å². The standard InChI is InChI=1S/C50H36N2O2/c1-3-10-31(11-4-1)32-18-20-33(21-19-32)44-30-45(52-50(51-44)34-12-5-2-6-13-34)37-22-24-40-42-27-36(23-25-47(42)54-48(40)28-37)38-16-9-14-35-26-43-39-15-7-8-17-46(39)53-49(43)29-41(35)38/h1-25,27-28,30,35,41,43,49H,26,29H2. The number of fused-ring (bicyclic) bond motifs is 7. The number of rotatable bonds is 5. The van der Waals surface area contributed by atoms with Crippen LogP contribution in [0.25, 0.3) is 72.5 Å². The molecule has 0 radical (unpaired) electrons. The minimum absolute atomic E-state index is 0.230. The van der Waals surface area contributed by atoms with Crippen molar-refractivity contribution in [2.45, 2.75) is 24.9 Å². The molecule has 4 atom stereocenters. The maximum atomic E-state index is 6.54. The fourth-order valence-corrected chi connectivity index (χ4v) is 9.06. The van der Waals surface area contributed by atoms with Crippen molar-refractivity contribution in [1.82, 2.24) is 9.97 Å². The van der Waals surface area contributed by atoms with Gasteiger partial charge in [-0.1, -0.05) is 133 Å². The molecule has 0 N–H and O–H groups in total. The molecule has 1 saturated carbocycles. The summed E-state index contributed by atoms with van der Waals surface area (Å²) in [5, 5.41) is 2.23. The Hall–Kier alpha value is -6.52. The number of para-hydroxylation sites is 1. The highest BCUT2D eigenvalue weighted by atomic mass is 16.5. The lowest BCUT2D eigenvalue weighted by atomic mass is 9.66. The van der Waals surface area contributed by atoms with E-state index in [-0.39, 0.29) is 6.10 Å². The molecule has 3 aliphatic rings. The summed E-state index contributed by atoms with van der Waals surface area (Å²) in [6.45, 7) is 0. The Labute approximate surface area is 314 Å². The summed E-state index contributed by atoms with van der Waals surface area (Å²) in [6, 6.07) is 53.2. The molecular formula is C50H36N2O2. The Balaban J connectivity index is 0.939. The molecule has 3 heterocycles. The molecule has 0 amide bonds. The van der Waals surface area contributed by atoms with Crippen LogP contribution >= 0.6 is 0 Å². The van der Waals surface area contributed by atoms with Gasteiger partial charge in [0.15, 0.2) is 5.82 Å². The van der Waals surface area contributed by atoms with Gasteiger partial charge in [0.05, 0.1) is 11.4 Å². The Morgan fingerprint density at radius 2 is 1.19 bits per heavy atom. The van der Waals surface area contributed by atoms with Gasteiger partial charge >= 0.3 is 0 Å². The van der Waals surface area contributed by atoms with Gasteiger partial charge in [-0.25, -0.2) is 9.97 Å². The van der Waals surface area contributed by atoms with Crippen LogP contribution in [0.5, 0.6) is 5.75 Å². The molecule has 0 spiro atoms. The number of hydrogen-bond acceptors (Lipinski definition) is 4. The van der Waals surface area contributed by atoms with Gasteiger partial charge < -0.3 is 9.15 Å². The fourth-order valence-electron chi connectivity index (χ4n) is 9.06. The second kappa shape index (κ2) is 12.6. The monoisotopic (exact) mass is 696 g/mol. The molecule has 8 aromatic rings. The largest absolute Gasteiger partial charge is 0.489 e. The van der Waals surface area contributed by atoms with E-state index in [0.29, 0.717) is 23.6 Å². The molecule has 6 aromatic carbocycles. The molecule has 4 nitrogen and oxygen atoms in total. The lowest BCUT2D eigenvalue weighted by molar-refractivity contribution is 0.126. The number of aromatic nitrogens is 2. The molecule has 0 saturated heterocycles. The third-order valence-corrected chi connectivity index (χ3v) is 11.8. The van der Waals surface area contributed by atoms with Gasteiger partial charge in [-0.15, -0.1) is 0 Å². The van der Waals surface area contributed by atoms with Gasteiger partial charge in [-0.05, 0) is 83.3 Å². The van der Waals surface area contributed by atoms with Crippen LogP contribution in [0.2, 0.25) is 0 Å². The van der Waals surface area contributed by atoms with Crippen LogP contribution in [-0.2, 0) is 0 Å². The van der Waals surface area contributed by atoms with Crippen LogP contribution in [0.15, 0.2) is 174 Å². The average molecular weight is 697 g/mol. The van der Waals surface area contributed by atoms with E-state index >= 15 is 0 Å². The summed E-state index contributed by atoms with van der Waals surface area (Å²) in [5.74, 6) is 3.15. The van der Waals surface area contributed by atoms with Crippen molar-refractivity contribution in [3.05, 3.63) is 181 Å². The number of hydrogen-bond donors (Lipinski definition) is 0. The normalized spacial score (nSPS) is 19.9. The number of furan rings is 1. The zero-order chi connectivity index (χ0) is 35.6. The lowest BCUT2D eigenvalue weighted by Gasteiger charge is -2.39. The molecule has 54 heavy (non-hydrogen) atoms. The fraction of sp³-hybridized carbons (Fsp3) is 0.120. The minimum atomic E-state index is 0.230. The van der Waals surface area contributed by atoms with Gasteiger partial charge in [-0.3, -0.25) is 0 Å². The van der Waals surface area contributed by atoms with Gasteiger partial charge in [-0.2, -0.15) is 0 Å². The van der Waals surface area contributed by atoms with Crippen molar-refractivity contribution in [1.29, 1.82) is 0 Å². The predicted octanol–water partition coefficient (Wildman–Crippen LogP) is 12.6. The van der Waals surface area contributed by atoms with Crippen molar-refractivity contribution in [3.63, 3.8) is 0 Å². The zero-order valence-corrected chi connectivity index (χ0v) is 29.6. The third kappa shape index (κ3) is 5.29. The Morgan fingerprint density at radius 1 is 0.500 bits per heavy atom. The highest BCUT2D eigenvalue weighted by molar-refractivity contribution is 6.07. The second-order valence-corrected chi connectivity index (χ2v) is 14.8. The summed E-state index contributed by atoms with van der Waals surface area (Å²) in [6.07, 6.45) is 9.37. The number of nitrogens with zero attached hydrogens (tertiary/aromatic N) is 2. The van der Waals surface area contributed by atoms with E-state index in [1.165, 1.54) is 27.8 Å². The smallest absolute Gasteiger partial charge is 0.160 e. The van der Waals surface area contributed by atoms with Crippen LogP contribution < -0.4 is 4.74 Å². The molecule has 4 unspecified atom stereocenters. The van der Waals surface area contributed by atoms with Gasteiger partial charge in [0.2, 0.25) is 0 Å². The number of benzene rings is 6. The van der Waals surface area contributed by atoms with E-state index in [9.17, 15) is 0 Å². The molecule has 0 bridgehead atoms. The van der Waals surface area contributed by atoms with E-state index in [1.807, 2.05) is 24.3 Å². The number of allylic oxidation sites excluding steroid dienone is 4. The SMILES string of the molecule is C1=CC2CC3c4ccccc4OC3CC2C(c2ccc3oc4cc(-c5cc(-c6ccc(-c7ccccc7)cc6)nc(-c6ccccc6)n5)ccc4c3c2)=C1. The second-order valence-electron chi connectivity index (χ2n) is 14.8. The first-order valence-electron chi connectivity index (χ1n) is 18.9. The molecule has 258 valence electrons. The van der Waals surface area contributed by atoms with Crippen molar-refractivity contribution < 1.29 is 9.15 Å². The maximum Gasteiger partial charge on any atom is 0.160 e. The van der Waals surface area contributed by atoms with Crippen LogP contribution in [0.1, 0.15) is 29.9 Å². The van der Waals surface area contributed by atoms with Crippen LogP contribution in [-0.4, -0.2) is 16.1 Å². The molecular weight excluding hydrogens is 661 g/mol. The molecule has 11 rings (SSSR count). The predicted molar refractivity (Wildman–Crippen MR) is 218 cm³/mol. The molecule has 2 aliphatic carbocycles. The molecule has 1 aliphatic heterocycles. The highest BCUT2D eigenvalue weighted by Crippen LogP contribution is 2.53. The number of ether oxygens (including phenoxy) is 1. The summed E-state index contributed by atoms with van der Waals surface area (Å²) < 4.78 is 13.1. The first kappa shape index (κ1) is 31.0. The van der Waals surface area contributed by atoms with E-state index in [4.69, 9.17) is 19.1 Å². The minimum Gasteiger partial charge on any atom is -0.489 e. The molecule has 4 heteroatoms. The Bertz CT molecular complexity index is 2760. The average Bonchev–Trinajstić information content (AvgIpc) is 3.80. The summed E-state index contributed by atoms with van der Waals surface area (Å²) in [7, 11) is 0. The van der Waals surface area contributed by atoms with Gasteiger partial charge in [0, 0.05) is 38.9 Å². The Kier molecular flexibility index (Phi) is 7.22. The van der Waals surface area contributed by atoms with Crippen molar-refractivity contribution >= 4 is 27.5 Å². The van der Waals surface area contributed by atoms with E-state index in [1.54, 1.807) is 0 Å². The lowest BCUT2D eigenvalue weighted by Crippen LogP contribution is -2.34. The summed E-state index contributed by atoms with van der Waals surface area (Å²) in [4.78, 5) is 10.2. The van der Waals surface area contributed by atoms with Crippen LogP contribution in [0.4, 0.5) is 0 Å². The van der Waals surface area contributed by atoms with E-state index in [2.05, 4.69) is 146 Å². The highest BCUT2D eigenvalue weighted by Gasteiger charge is 2.44. The van der Waals surface area contributed by atoms with Crippen LogP contribution in [0.3, 0.4) is 0 Å². The maximum absolute atomic E-state index is 6.54. The van der Waals surface area contributed by atoms with Gasteiger partial charge in [0.1, 0.15) is 23.0 Å². The van der Waals surface area contributed by atoms with E-state index in [0.717, 1.165) is 68.6 Å². The first-order chi connectivity index (χ1) is 26.7. The first-order valence-corrected chi connectivity index (χ1v) is 18.9. The van der Waals surface area contributed by atoms with Gasteiger partial charge in [0.25, 0.3) is 0 Å². The quantitative estimate of drug-likeness (QED) is 0.180. The van der Waals surface area contributed by atoms with Crippen molar-refractivity contribution in [3.8, 4) is 50.8 Å².